The lowest BCUT2D eigenvalue weighted by Gasteiger charge is -2.30. The summed E-state index contributed by atoms with van der Waals surface area (Å²) in [4.78, 5) is 53.7. The van der Waals surface area contributed by atoms with Crippen molar-refractivity contribution in [2.24, 2.45) is 5.92 Å². The van der Waals surface area contributed by atoms with Crippen LogP contribution in [0.5, 0.6) is 17.2 Å². The van der Waals surface area contributed by atoms with Crippen molar-refractivity contribution < 1.29 is 33.0 Å². The second-order valence-corrected chi connectivity index (χ2v) is 11.1. The minimum Gasteiger partial charge on any atom is -0.493 e. The maximum Gasteiger partial charge on any atom is 0.251 e. The Hall–Kier alpha value is -4.19. The Balaban J connectivity index is 1.54. The van der Waals surface area contributed by atoms with Crippen LogP contribution in [-0.4, -0.2) is 74.4 Å². The third-order valence-electron chi connectivity index (χ3n) is 7.85. The summed E-state index contributed by atoms with van der Waals surface area (Å²) in [5.74, 6) is -1.34. The van der Waals surface area contributed by atoms with Gasteiger partial charge in [-0.1, -0.05) is 13.0 Å². The Morgan fingerprint density at radius 1 is 1.02 bits per heavy atom. The fraction of sp³-hybridized carbons (Fsp3) is 0.500. The van der Waals surface area contributed by atoms with E-state index < -0.39 is 11.9 Å². The van der Waals surface area contributed by atoms with Crippen LogP contribution in [0.2, 0.25) is 0 Å². The number of carbonyl (C=O) groups is 4. The van der Waals surface area contributed by atoms with Crippen LogP contribution in [0, 0.1) is 11.7 Å². The molecule has 2 aromatic rings. The van der Waals surface area contributed by atoms with E-state index in [9.17, 15) is 19.2 Å². The van der Waals surface area contributed by atoms with Crippen molar-refractivity contribution in [3.63, 3.8) is 0 Å². The molecule has 0 unspecified atom stereocenters. The molecule has 5 rings (SSSR count). The number of ether oxygens (including phenoxy) is 2. The third-order valence-corrected chi connectivity index (χ3v) is 7.85. The minimum atomic E-state index is -0.744. The Morgan fingerprint density at radius 2 is 1.84 bits per heavy atom. The molecule has 4 N–H and O–H groups in total. The molecule has 4 bridgehead atoms. The number of nitrogens with one attached hydrogen (secondary N) is 4. The first kappa shape index (κ1) is 32.7. The van der Waals surface area contributed by atoms with Crippen molar-refractivity contribution in [2.75, 3.05) is 39.8 Å². The number of benzene rings is 2. The van der Waals surface area contributed by atoms with Crippen molar-refractivity contribution in [3.05, 3.63) is 53.3 Å². The molecule has 2 aromatic carbocycles. The average Bonchev–Trinajstić information content (AvgIpc) is 3.04. The molecule has 0 spiro atoms. The highest BCUT2D eigenvalue weighted by atomic mass is 19.1. The number of amides is 4. The summed E-state index contributed by atoms with van der Waals surface area (Å²) < 4.78 is 26.2. The van der Waals surface area contributed by atoms with Gasteiger partial charge >= 0.3 is 0 Å². The molecule has 0 radical (unpaired) electrons. The molecular weight excluding hydrogens is 569 g/mol. The van der Waals surface area contributed by atoms with Crippen molar-refractivity contribution in [1.82, 2.24) is 26.2 Å². The van der Waals surface area contributed by atoms with Crippen LogP contribution in [-0.2, 0) is 20.9 Å². The van der Waals surface area contributed by atoms with Gasteiger partial charge in [0.25, 0.3) is 5.91 Å². The standard InChI is InChI=1S/C32H42FN5O6/c1-3-25-31(41)36-19-21-9-11-26(24(33)17-21)44-28-18-22(10-12-27(28)43-2)30(40)35-14-6-16-38(15-5-8-29(39)37-25)32(42)23-7-4-13-34-20-23/h9-12,17-18,23,25,34H,3-8,13-16,19-20H2,1-2H3,(H,35,40)(H,36,41)(H,37,39)/t23-,25-/m0/s1. The number of hydrogen-bond acceptors (Lipinski definition) is 7. The zero-order valence-electron chi connectivity index (χ0n) is 25.4. The molecule has 3 aliphatic heterocycles. The van der Waals surface area contributed by atoms with Crippen LogP contribution >= 0.6 is 0 Å². The molecular formula is C32H42FN5O6. The molecule has 2 atom stereocenters. The van der Waals surface area contributed by atoms with Gasteiger partial charge in [0.1, 0.15) is 6.04 Å². The van der Waals surface area contributed by atoms with E-state index in [1.807, 2.05) is 0 Å². The van der Waals surface area contributed by atoms with Crippen LogP contribution in [0.3, 0.4) is 0 Å². The first-order valence-corrected chi connectivity index (χ1v) is 15.3. The van der Waals surface area contributed by atoms with E-state index in [1.165, 1.54) is 25.3 Å². The Morgan fingerprint density at radius 3 is 2.57 bits per heavy atom. The summed E-state index contributed by atoms with van der Waals surface area (Å²) in [7, 11) is 1.45. The highest BCUT2D eigenvalue weighted by molar-refractivity contribution is 5.95. The quantitative estimate of drug-likeness (QED) is 0.419. The highest BCUT2D eigenvalue weighted by Crippen LogP contribution is 2.34. The summed E-state index contributed by atoms with van der Waals surface area (Å²) >= 11 is 0. The normalized spacial score (nSPS) is 21.0. The third kappa shape index (κ3) is 8.91. The SMILES string of the molecule is CC[C@@H]1NC(=O)CCCN(C(=O)[C@H]2CCCNC2)CCCNC(=O)c2ccc(OC)c(c2)Oc2ccc(cc2F)CNC1=O. The number of halogens is 1. The average molecular weight is 612 g/mol. The largest absolute Gasteiger partial charge is 0.493 e. The molecule has 0 aliphatic carbocycles. The van der Waals surface area contributed by atoms with Crippen LogP contribution in [0.25, 0.3) is 0 Å². The zero-order chi connectivity index (χ0) is 31.5. The lowest BCUT2D eigenvalue weighted by atomic mass is 9.98. The fourth-order valence-electron chi connectivity index (χ4n) is 5.34. The molecule has 11 nitrogen and oxygen atoms in total. The predicted octanol–water partition coefficient (Wildman–Crippen LogP) is 2.88. The molecule has 3 heterocycles. The van der Waals surface area contributed by atoms with E-state index >= 15 is 4.39 Å². The Labute approximate surface area is 257 Å². The fourth-order valence-corrected chi connectivity index (χ4v) is 5.34. The van der Waals surface area contributed by atoms with Crippen LogP contribution < -0.4 is 30.7 Å². The monoisotopic (exact) mass is 611 g/mol. The van der Waals surface area contributed by atoms with Gasteiger partial charge < -0.3 is 35.6 Å². The van der Waals surface area contributed by atoms with Gasteiger partial charge in [-0.05, 0) is 74.5 Å². The van der Waals surface area contributed by atoms with E-state index in [2.05, 4.69) is 21.3 Å². The minimum absolute atomic E-state index is 0.0382. The van der Waals surface area contributed by atoms with Crippen LogP contribution in [0.4, 0.5) is 4.39 Å². The molecule has 12 heteroatoms. The van der Waals surface area contributed by atoms with Gasteiger partial charge in [-0.25, -0.2) is 4.39 Å². The first-order chi connectivity index (χ1) is 21.3. The molecule has 0 saturated carbocycles. The van der Waals surface area contributed by atoms with E-state index in [0.29, 0.717) is 62.3 Å². The van der Waals surface area contributed by atoms with Gasteiger partial charge in [-0.15, -0.1) is 0 Å². The maximum atomic E-state index is 15.0. The van der Waals surface area contributed by atoms with Crippen LogP contribution in [0.1, 0.15) is 61.4 Å². The summed E-state index contributed by atoms with van der Waals surface area (Å²) in [6.07, 6.45) is 3.21. The number of carbonyl (C=O) groups excluding carboxylic acids is 4. The van der Waals surface area contributed by atoms with E-state index in [-0.39, 0.29) is 54.0 Å². The lowest BCUT2D eigenvalue weighted by molar-refractivity contribution is -0.136. The van der Waals surface area contributed by atoms with E-state index in [1.54, 1.807) is 30.0 Å². The predicted molar refractivity (Wildman–Crippen MR) is 162 cm³/mol. The van der Waals surface area contributed by atoms with Gasteiger partial charge in [0.15, 0.2) is 23.1 Å². The van der Waals surface area contributed by atoms with Crippen molar-refractivity contribution in [2.45, 2.75) is 58.0 Å². The topological polar surface area (TPSA) is 138 Å². The summed E-state index contributed by atoms with van der Waals surface area (Å²) in [5, 5.41) is 11.7. The van der Waals surface area contributed by atoms with Crippen LogP contribution in [0.15, 0.2) is 36.4 Å². The molecule has 0 aromatic heterocycles. The number of rotatable bonds is 3. The second kappa shape index (κ2) is 16.0. The molecule has 238 valence electrons. The number of nitrogens with zero attached hydrogens (tertiary/aromatic N) is 1. The van der Waals surface area contributed by atoms with Gasteiger partial charge in [0.2, 0.25) is 17.7 Å². The molecule has 44 heavy (non-hydrogen) atoms. The van der Waals surface area contributed by atoms with E-state index in [0.717, 1.165) is 19.4 Å². The zero-order valence-corrected chi connectivity index (χ0v) is 25.4. The van der Waals surface area contributed by atoms with Crippen molar-refractivity contribution >= 4 is 23.6 Å². The van der Waals surface area contributed by atoms with Crippen molar-refractivity contribution in [1.29, 1.82) is 0 Å². The van der Waals surface area contributed by atoms with Crippen molar-refractivity contribution in [3.8, 4) is 17.2 Å². The van der Waals surface area contributed by atoms with E-state index in [4.69, 9.17) is 9.47 Å². The van der Waals surface area contributed by atoms with Gasteiger partial charge in [-0.3, -0.25) is 19.2 Å². The molecule has 3 aliphatic rings. The van der Waals surface area contributed by atoms with Gasteiger partial charge in [0.05, 0.1) is 13.0 Å². The summed E-state index contributed by atoms with van der Waals surface area (Å²) in [6, 6.07) is 8.21. The Kier molecular flexibility index (Phi) is 11.9. The molecule has 4 amide bonds. The second-order valence-electron chi connectivity index (χ2n) is 11.1. The molecule has 1 saturated heterocycles. The highest BCUT2D eigenvalue weighted by Gasteiger charge is 2.26. The van der Waals surface area contributed by atoms with Gasteiger partial charge in [-0.2, -0.15) is 0 Å². The summed E-state index contributed by atoms with van der Waals surface area (Å²) in [6.45, 7) is 4.48. The smallest absolute Gasteiger partial charge is 0.251 e. The molecule has 1 fully saturated rings. The lowest BCUT2D eigenvalue weighted by Crippen LogP contribution is -2.46. The number of methoxy groups -OCH3 is 1. The Bertz CT molecular complexity index is 1330. The van der Waals surface area contributed by atoms with Gasteiger partial charge in [0, 0.05) is 44.7 Å². The maximum absolute atomic E-state index is 15.0. The number of hydrogen-bond donors (Lipinski definition) is 4. The number of piperidine rings is 1. The number of fused-ring (bicyclic) bond motifs is 16. The summed E-state index contributed by atoms with van der Waals surface area (Å²) in [5.41, 5.74) is 0.803. The first-order valence-electron chi connectivity index (χ1n) is 15.3.